The zero-order valence-electron chi connectivity index (χ0n) is 7.78. The van der Waals surface area contributed by atoms with Gasteiger partial charge in [-0.3, -0.25) is 0 Å². The molecule has 0 aliphatic heterocycles. The van der Waals surface area contributed by atoms with Crippen molar-refractivity contribution in [2.75, 3.05) is 6.26 Å². The summed E-state index contributed by atoms with van der Waals surface area (Å²) in [6, 6.07) is 0. The summed E-state index contributed by atoms with van der Waals surface area (Å²) < 4.78 is 0. The molecule has 2 aromatic heterocycles. The van der Waals surface area contributed by atoms with E-state index in [4.69, 9.17) is 11.6 Å². The van der Waals surface area contributed by atoms with Crippen LogP contribution in [0.3, 0.4) is 0 Å². The summed E-state index contributed by atoms with van der Waals surface area (Å²) >= 11 is 7.44. The van der Waals surface area contributed by atoms with Crippen molar-refractivity contribution in [2.45, 2.75) is 12.1 Å². The maximum absolute atomic E-state index is 5.95. The SMILES string of the molecule is CSc1ncc2c(C)cnc(Cl)c2n1. The maximum atomic E-state index is 5.95. The second-order valence-electron chi connectivity index (χ2n) is 2.85. The molecule has 0 fully saturated rings. The molecule has 0 radical (unpaired) electrons. The van der Waals surface area contributed by atoms with E-state index in [1.165, 1.54) is 11.8 Å². The number of thioether (sulfide) groups is 1. The number of rotatable bonds is 1. The third-order valence-corrected chi connectivity index (χ3v) is 2.78. The molecule has 2 heterocycles. The molecule has 0 saturated carbocycles. The van der Waals surface area contributed by atoms with Crippen LogP contribution in [-0.2, 0) is 0 Å². The number of aromatic nitrogens is 3. The lowest BCUT2D eigenvalue weighted by molar-refractivity contribution is 1.00. The van der Waals surface area contributed by atoms with Crippen LogP contribution >= 0.6 is 23.4 Å². The highest BCUT2D eigenvalue weighted by molar-refractivity contribution is 7.98. The maximum Gasteiger partial charge on any atom is 0.187 e. The van der Waals surface area contributed by atoms with Gasteiger partial charge in [0, 0.05) is 17.8 Å². The molecule has 0 amide bonds. The lowest BCUT2D eigenvalue weighted by Crippen LogP contribution is -1.91. The standard InChI is InChI=1S/C9H8ClN3S/c1-5-3-11-8(10)7-6(5)4-12-9(13-7)14-2/h3-4H,1-2H3. The smallest absolute Gasteiger partial charge is 0.187 e. The number of hydrogen-bond acceptors (Lipinski definition) is 4. The molecular formula is C9H8ClN3S. The van der Waals surface area contributed by atoms with Gasteiger partial charge in [0.15, 0.2) is 10.3 Å². The van der Waals surface area contributed by atoms with Crippen molar-refractivity contribution in [3.63, 3.8) is 0 Å². The topological polar surface area (TPSA) is 38.7 Å². The molecule has 0 spiro atoms. The first-order valence-corrected chi connectivity index (χ1v) is 5.64. The Morgan fingerprint density at radius 3 is 2.79 bits per heavy atom. The molecule has 0 aliphatic carbocycles. The zero-order chi connectivity index (χ0) is 10.1. The molecule has 0 bridgehead atoms. The number of hydrogen-bond donors (Lipinski definition) is 0. The fraction of sp³-hybridized carbons (Fsp3) is 0.222. The van der Waals surface area contributed by atoms with Gasteiger partial charge in [0.2, 0.25) is 0 Å². The second-order valence-corrected chi connectivity index (χ2v) is 3.98. The Kier molecular flexibility index (Phi) is 2.56. The highest BCUT2D eigenvalue weighted by Gasteiger charge is 2.06. The van der Waals surface area contributed by atoms with Crippen molar-refractivity contribution < 1.29 is 0 Å². The second kappa shape index (κ2) is 3.71. The monoisotopic (exact) mass is 225 g/mol. The predicted octanol–water partition coefficient (Wildman–Crippen LogP) is 2.71. The number of halogens is 1. The predicted molar refractivity (Wildman–Crippen MR) is 58.9 cm³/mol. The Bertz CT molecular complexity index is 487. The van der Waals surface area contributed by atoms with Crippen LogP contribution in [0.4, 0.5) is 0 Å². The number of nitrogens with zero attached hydrogens (tertiary/aromatic N) is 3. The summed E-state index contributed by atoms with van der Waals surface area (Å²) in [5.41, 5.74) is 1.77. The Morgan fingerprint density at radius 1 is 1.29 bits per heavy atom. The van der Waals surface area contributed by atoms with Gasteiger partial charge in [0.05, 0.1) is 0 Å². The minimum absolute atomic E-state index is 0.434. The van der Waals surface area contributed by atoms with Crippen molar-refractivity contribution in [3.05, 3.63) is 23.1 Å². The van der Waals surface area contributed by atoms with Gasteiger partial charge in [0.1, 0.15) is 5.52 Å². The van der Waals surface area contributed by atoms with E-state index < -0.39 is 0 Å². The van der Waals surface area contributed by atoms with E-state index in [9.17, 15) is 0 Å². The highest BCUT2D eigenvalue weighted by Crippen LogP contribution is 2.23. The average molecular weight is 226 g/mol. The van der Waals surface area contributed by atoms with Gasteiger partial charge in [-0.05, 0) is 18.7 Å². The summed E-state index contributed by atoms with van der Waals surface area (Å²) in [5, 5.41) is 2.11. The van der Waals surface area contributed by atoms with Gasteiger partial charge >= 0.3 is 0 Å². The van der Waals surface area contributed by atoms with Crippen LogP contribution in [0.25, 0.3) is 10.9 Å². The Labute approximate surface area is 90.9 Å². The van der Waals surface area contributed by atoms with Crippen molar-refractivity contribution >= 4 is 34.3 Å². The number of fused-ring (bicyclic) bond motifs is 1. The molecule has 2 aromatic rings. The van der Waals surface area contributed by atoms with Crippen LogP contribution in [-0.4, -0.2) is 21.2 Å². The molecule has 0 aliphatic rings. The summed E-state index contributed by atoms with van der Waals surface area (Å²) in [7, 11) is 0. The normalized spacial score (nSPS) is 10.8. The van der Waals surface area contributed by atoms with Gasteiger partial charge < -0.3 is 0 Å². The van der Waals surface area contributed by atoms with Crippen molar-refractivity contribution in [1.82, 2.24) is 15.0 Å². The largest absolute Gasteiger partial charge is 0.242 e. The molecule has 0 atom stereocenters. The Balaban J connectivity index is 2.80. The van der Waals surface area contributed by atoms with E-state index in [0.29, 0.717) is 10.3 Å². The fourth-order valence-electron chi connectivity index (χ4n) is 1.19. The first kappa shape index (κ1) is 9.68. The van der Waals surface area contributed by atoms with Crippen LogP contribution < -0.4 is 0 Å². The Morgan fingerprint density at radius 2 is 2.07 bits per heavy atom. The van der Waals surface area contributed by atoms with E-state index in [0.717, 1.165) is 16.5 Å². The van der Waals surface area contributed by atoms with E-state index in [2.05, 4.69) is 15.0 Å². The third kappa shape index (κ3) is 1.55. The van der Waals surface area contributed by atoms with Gasteiger partial charge in [-0.2, -0.15) is 0 Å². The summed E-state index contributed by atoms with van der Waals surface area (Å²) in [4.78, 5) is 12.6. The molecule has 0 N–H and O–H groups in total. The summed E-state index contributed by atoms with van der Waals surface area (Å²) in [5.74, 6) is 0. The first-order chi connectivity index (χ1) is 6.72. The lowest BCUT2D eigenvalue weighted by Gasteiger charge is -2.02. The van der Waals surface area contributed by atoms with Gasteiger partial charge in [-0.15, -0.1) is 0 Å². The van der Waals surface area contributed by atoms with Crippen LogP contribution in [0.1, 0.15) is 5.56 Å². The van der Waals surface area contributed by atoms with Gasteiger partial charge in [-0.1, -0.05) is 23.4 Å². The minimum atomic E-state index is 0.434. The average Bonchev–Trinajstić information content (AvgIpc) is 2.23. The third-order valence-electron chi connectivity index (χ3n) is 1.94. The van der Waals surface area contributed by atoms with Crippen molar-refractivity contribution in [1.29, 1.82) is 0 Å². The van der Waals surface area contributed by atoms with E-state index in [1.54, 1.807) is 12.4 Å². The van der Waals surface area contributed by atoms with E-state index >= 15 is 0 Å². The molecule has 72 valence electrons. The van der Waals surface area contributed by atoms with E-state index in [-0.39, 0.29) is 0 Å². The first-order valence-electron chi connectivity index (χ1n) is 4.04. The molecule has 0 aromatic carbocycles. The molecule has 2 rings (SSSR count). The van der Waals surface area contributed by atoms with Crippen LogP contribution in [0.15, 0.2) is 17.6 Å². The van der Waals surface area contributed by atoms with Gasteiger partial charge in [0.25, 0.3) is 0 Å². The van der Waals surface area contributed by atoms with Crippen molar-refractivity contribution in [3.8, 4) is 0 Å². The summed E-state index contributed by atoms with van der Waals surface area (Å²) in [6.45, 7) is 1.97. The zero-order valence-corrected chi connectivity index (χ0v) is 9.35. The summed E-state index contributed by atoms with van der Waals surface area (Å²) in [6.07, 6.45) is 5.45. The van der Waals surface area contributed by atoms with Crippen LogP contribution in [0.5, 0.6) is 0 Å². The quantitative estimate of drug-likeness (QED) is 0.425. The minimum Gasteiger partial charge on any atom is -0.242 e. The highest BCUT2D eigenvalue weighted by atomic mass is 35.5. The molecule has 0 unspecified atom stereocenters. The fourth-order valence-corrected chi connectivity index (χ4v) is 1.73. The molecule has 14 heavy (non-hydrogen) atoms. The van der Waals surface area contributed by atoms with Gasteiger partial charge in [-0.25, -0.2) is 15.0 Å². The molecule has 5 heteroatoms. The number of aryl methyl sites for hydroxylation is 1. The van der Waals surface area contributed by atoms with Crippen LogP contribution in [0.2, 0.25) is 5.15 Å². The number of pyridine rings is 1. The molecular weight excluding hydrogens is 218 g/mol. The van der Waals surface area contributed by atoms with Crippen molar-refractivity contribution in [2.24, 2.45) is 0 Å². The Hall–Kier alpha value is -0.870. The molecule has 3 nitrogen and oxygen atoms in total. The van der Waals surface area contributed by atoms with Crippen LogP contribution in [0, 0.1) is 6.92 Å². The van der Waals surface area contributed by atoms with E-state index in [1.807, 2.05) is 13.2 Å². The molecule has 0 saturated heterocycles. The lowest BCUT2D eigenvalue weighted by atomic mass is 10.2.